The van der Waals surface area contributed by atoms with Gasteiger partial charge >= 0.3 is 0 Å². The third-order valence-electron chi connectivity index (χ3n) is 7.31. The number of benzene rings is 2. The first kappa shape index (κ1) is 28.1. The molecule has 0 bridgehead atoms. The lowest BCUT2D eigenvalue weighted by atomic mass is 9.91. The van der Waals surface area contributed by atoms with Crippen molar-refractivity contribution in [3.05, 3.63) is 45.6 Å². The molecule has 0 amide bonds. The third kappa shape index (κ3) is 4.25. The maximum atomic E-state index is 13.4. The van der Waals surface area contributed by atoms with Crippen LogP contribution in [0.4, 0.5) is 0 Å². The van der Waals surface area contributed by atoms with Crippen molar-refractivity contribution >= 4 is 11.0 Å². The van der Waals surface area contributed by atoms with Gasteiger partial charge in [-0.25, -0.2) is 0 Å². The summed E-state index contributed by atoms with van der Waals surface area (Å²) in [6, 6.07) is 5.09. The predicted molar refractivity (Wildman–Crippen MR) is 133 cm³/mol. The van der Waals surface area contributed by atoms with E-state index < -0.39 is 101 Å². The Kier molecular flexibility index (Phi) is 7.37. The molecule has 2 aliphatic heterocycles. The number of ether oxygens (including phenoxy) is 3. The lowest BCUT2D eigenvalue weighted by Gasteiger charge is -2.24. The molecule has 5 rings (SSSR count). The number of phenolic OH excluding ortho intramolecular Hbond substituents is 3. The highest BCUT2D eigenvalue weighted by Crippen LogP contribution is 2.51. The Labute approximate surface area is 225 Å². The molecule has 40 heavy (non-hydrogen) atoms. The zero-order valence-electron chi connectivity index (χ0n) is 20.9. The van der Waals surface area contributed by atoms with Crippen molar-refractivity contribution < 1.29 is 64.6 Å². The Morgan fingerprint density at radius 3 is 1.88 bits per heavy atom. The number of aliphatic hydroxyl groups is 6. The van der Waals surface area contributed by atoms with E-state index in [1.807, 2.05) is 0 Å². The summed E-state index contributed by atoms with van der Waals surface area (Å²) in [4.78, 5) is 13.4. The van der Waals surface area contributed by atoms with E-state index in [9.17, 15) is 50.8 Å². The van der Waals surface area contributed by atoms with Crippen LogP contribution in [0.5, 0.6) is 23.0 Å². The van der Waals surface area contributed by atoms with E-state index in [1.165, 1.54) is 25.3 Å². The highest BCUT2D eigenvalue weighted by atomic mass is 16.6. The highest BCUT2D eigenvalue weighted by Gasteiger charge is 2.49. The fourth-order valence-electron chi connectivity index (χ4n) is 5.20. The molecular weight excluding hydrogens is 536 g/mol. The number of aromatic hydroxyl groups is 3. The van der Waals surface area contributed by atoms with Gasteiger partial charge in [-0.2, -0.15) is 0 Å². The fourth-order valence-corrected chi connectivity index (χ4v) is 5.20. The van der Waals surface area contributed by atoms with E-state index in [-0.39, 0.29) is 22.8 Å². The number of phenols is 3. The van der Waals surface area contributed by atoms with E-state index in [4.69, 9.17) is 18.6 Å². The summed E-state index contributed by atoms with van der Waals surface area (Å²) in [7, 11) is 1.34. The fraction of sp³-hybridized carbons (Fsp3) is 0.423. The monoisotopic (exact) mass is 564 g/mol. The molecule has 3 heterocycles. The van der Waals surface area contributed by atoms with Gasteiger partial charge in [-0.1, -0.05) is 0 Å². The molecule has 0 aliphatic carbocycles. The van der Waals surface area contributed by atoms with Crippen LogP contribution in [0.15, 0.2) is 33.5 Å². The Balaban J connectivity index is 1.80. The zero-order chi connectivity index (χ0) is 29.0. The Morgan fingerprint density at radius 2 is 1.38 bits per heavy atom. The van der Waals surface area contributed by atoms with Crippen molar-refractivity contribution in [2.75, 3.05) is 20.3 Å². The SMILES string of the molecule is COc1ccc(-c2cc(=O)c3c(O)c(C4OC(CO)C(O)C4O)c(O)c(C4OC(CO)C(O)C4O)c3o2)cc1O. The number of hydrogen-bond acceptors (Lipinski definition) is 14. The molecular formula is C26H28O14. The molecule has 0 radical (unpaired) electrons. The van der Waals surface area contributed by atoms with Crippen LogP contribution in [0.3, 0.4) is 0 Å². The summed E-state index contributed by atoms with van der Waals surface area (Å²) in [5.41, 5.74) is -2.14. The van der Waals surface area contributed by atoms with E-state index in [1.54, 1.807) is 0 Å². The number of fused-ring (bicyclic) bond motifs is 1. The molecule has 2 aliphatic rings. The molecule has 9 N–H and O–H groups in total. The zero-order valence-corrected chi connectivity index (χ0v) is 20.9. The van der Waals surface area contributed by atoms with Crippen LogP contribution >= 0.6 is 0 Å². The minimum atomic E-state index is -1.77. The summed E-state index contributed by atoms with van der Waals surface area (Å²) in [5, 5.41) is 93.4. The molecule has 14 nitrogen and oxygen atoms in total. The third-order valence-corrected chi connectivity index (χ3v) is 7.31. The van der Waals surface area contributed by atoms with Gasteiger partial charge in [-0.05, 0) is 18.2 Å². The van der Waals surface area contributed by atoms with Crippen LogP contribution in [0, 0.1) is 0 Å². The second kappa shape index (κ2) is 10.5. The van der Waals surface area contributed by atoms with Crippen molar-refractivity contribution in [1.82, 2.24) is 0 Å². The van der Waals surface area contributed by atoms with Crippen LogP contribution in [-0.4, -0.2) is 103 Å². The lowest BCUT2D eigenvalue weighted by molar-refractivity contribution is -0.0261. The van der Waals surface area contributed by atoms with Gasteiger partial charge in [0.15, 0.2) is 22.5 Å². The molecule has 1 aromatic heterocycles. The summed E-state index contributed by atoms with van der Waals surface area (Å²) in [6.45, 7) is -1.43. The first-order valence-electron chi connectivity index (χ1n) is 12.2. The highest BCUT2D eigenvalue weighted by molar-refractivity contribution is 5.92. The summed E-state index contributed by atoms with van der Waals surface area (Å²) in [6.07, 6.45) is -12.6. The standard InChI is InChI=1S/C26H28O14/c1-37-11-3-2-8(4-9(11)29)12-5-10(30)15-20(33)16(25-22(35)18(31)13(6-27)39-25)21(34)17(24(15)38-12)26-23(36)19(32)14(7-28)40-26/h2-5,13-14,18-19,22-23,25-29,31-36H,6-7H2,1H3. The normalized spacial score (nSPS) is 30.3. The predicted octanol–water partition coefficient (Wildman–Crippen LogP) is -1.11. The van der Waals surface area contributed by atoms with Crippen LogP contribution in [0.25, 0.3) is 22.3 Å². The molecule has 216 valence electrons. The van der Waals surface area contributed by atoms with Gasteiger partial charge in [0.1, 0.15) is 71.5 Å². The summed E-state index contributed by atoms with van der Waals surface area (Å²) < 4.78 is 22.0. The van der Waals surface area contributed by atoms with Crippen LogP contribution < -0.4 is 10.2 Å². The second-order valence-electron chi connectivity index (χ2n) is 9.61. The Morgan fingerprint density at radius 1 is 0.800 bits per heavy atom. The summed E-state index contributed by atoms with van der Waals surface area (Å²) in [5.74, 6) is -2.03. The van der Waals surface area contributed by atoms with Gasteiger partial charge in [-0.3, -0.25) is 4.79 Å². The minimum Gasteiger partial charge on any atom is -0.507 e. The largest absolute Gasteiger partial charge is 0.507 e. The number of aliphatic hydroxyl groups excluding tert-OH is 6. The van der Waals surface area contributed by atoms with Crippen LogP contribution in [0.2, 0.25) is 0 Å². The maximum Gasteiger partial charge on any atom is 0.197 e. The van der Waals surface area contributed by atoms with E-state index in [2.05, 4.69) is 0 Å². The smallest absolute Gasteiger partial charge is 0.197 e. The first-order valence-corrected chi connectivity index (χ1v) is 12.2. The number of hydrogen-bond donors (Lipinski definition) is 9. The number of methoxy groups -OCH3 is 1. The van der Waals surface area contributed by atoms with Gasteiger partial charge in [0, 0.05) is 11.6 Å². The average Bonchev–Trinajstić information content (AvgIpc) is 3.38. The molecule has 2 fully saturated rings. The van der Waals surface area contributed by atoms with Crippen molar-refractivity contribution in [3.63, 3.8) is 0 Å². The van der Waals surface area contributed by atoms with Crippen molar-refractivity contribution in [2.24, 2.45) is 0 Å². The quantitative estimate of drug-likeness (QED) is 0.173. The molecule has 8 atom stereocenters. The van der Waals surface area contributed by atoms with Gasteiger partial charge < -0.3 is 64.6 Å². The second-order valence-corrected chi connectivity index (χ2v) is 9.61. The molecule has 2 saturated heterocycles. The first-order chi connectivity index (χ1) is 19.0. The van der Waals surface area contributed by atoms with E-state index in [0.29, 0.717) is 0 Å². The Bertz CT molecular complexity index is 1480. The molecule has 14 heteroatoms. The lowest BCUT2D eigenvalue weighted by Crippen LogP contribution is -2.32. The van der Waals surface area contributed by atoms with E-state index in [0.717, 1.165) is 6.07 Å². The van der Waals surface area contributed by atoms with E-state index >= 15 is 0 Å². The van der Waals surface area contributed by atoms with Crippen molar-refractivity contribution in [3.8, 4) is 34.3 Å². The average molecular weight is 564 g/mol. The molecule has 8 unspecified atom stereocenters. The van der Waals surface area contributed by atoms with Gasteiger partial charge in [0.05, 0.1) is 31.5 Å². The van der Waals surface area contributed by atoms with Crippen LogP contribution in [-0.2, 0) is 9.47 Å². The Hall–Kier alpha value is -3.47. The van der Waals surface area contributed by atoms with Gasteiger partial charge in [0.25, 0.3) is 0 Å². The summed E-state index contributed by atoms with van der Waals surface area (Å²) >= 11 is 0. The van der Waals surface area contributed by atoms with Crippen molar-refractivity contribution in [1.29, 1.82) is 0 Å². The van der Waals surface area contributed by atoms with Gasteiger partial charge in [0.2, 0.25) is 0 Å². The van der Waals surface area contributed by atoms with Crippen molar-refractivity contribution in [2.45, 2.75) is 48.8 Å². The number of rotatable bonds is 6. The van der Waals surface area contributed by atoms with Gasteiger partial charge in [-0.15, -0.1) is 0 Å². The molecule has 0 saturated carbocycles. The molecule has 0 spiro atoms. The topological polar surface area (TPSA) is 240 Å². The molecule has 2 aromatic carbocycles. The maximum absolute atomic E-state index is 13.4. The molecule has 3 aromatic rings. The minimum absolute atomic E-state index is 0.136. The van der Waals surface area contributed by atoms with Crippen LogP contribution in [0.1, 0.15) is 23.3 Å².